The molecule has 25 heavy (non-hydrogen) atoms. The second kappa shape index (κ2) is 9.54. The van der Waals surface area contributed by atoms with Gasteiger partial charge in [0.15, 0.2) is 11.5 Å². The Morgan fingerprint density at radius 2 is 1.68 bits per heavy atom. The zero-order chi connectivity index (χ0) is 18.2. The van der Waals surface area contributed by atoms with Crippen molar-refractivity contribution in [2.75, 3.05) is 20.8 Å². The number of methoxy groups -OCH3 is 2. The molecule has 0 aliphatic rings. The maximum atomic E-state index is 6.39. The van der Waals surface area contributed by atoms with Gasteiger partial charge in [0.2, 0.25) is 0 Å². The molecule has 0 saturated heterocycles. The number of benzene rings is 2. The molecule has 4 nitrogen and oxygen atoms in total. The largest absolute Gasteiger partial charge is 0.496 e. The van der Waals surface area contributed by atoms with Crippen LogP contribution >= 0.6 is 11.6 Å². The van der Waals surface area contributed by atoms with E-state index in [2.05, 4.69) is 11.4 Å². The standard InChI is InChI=1S/C20H26ClNO3/c1-14(2)25-20-12-17(21)16(11-19(20)24-4)13-22-10-9-15-7-5-6-8-18(15)23-3/h5-8,11-12,14,22H,9-10,13H2,1-4H3. The van der Waals surface area contributed by atoms with Crippen molar-refractivity contribution in [3.05, 3.63) is 52.5 Å². The normalized spacial score (nSPS) is 10.8. The van der Waals surface area contributed by atoms with Crippen LogP contribution in [0.5, 0.6) is 17.2 Å². The summed E-state index contributed by atoms with van der Waals surface area (Å²) in [5, 5.41) is 4.09. The SMILES string of the molecule is COc1ccccc1CCNCc1cc(OC)c(OC(C)C)cc1Cl. The van der Waals surface area contributed by atoms with E-state index in [1.807, 2.05) is 44.2 Å². The summed E-state index contributed by atoms with van der Waals surface area (Å²) in [4.78, 5) is 0. The molecular weight excluding hydrogens is 338 g/mol. The predicted molar refractivity (Wildman–Crippen MR) is 102 cm³/mol. The van der Waals surface area contributed by atoms with Gasteiger partial charge in [0, 0.05) is 17.6 Å². The summed E-state index contributed by atoms with van der Waals surface area (Å²) in [6.07, 6.45) is 0.947. The van der Waals surface area contributed by atoms with Crippen LogP contribution in [-0.2, 0) is 13.0 Å². The number of nitrogens with one attached hydrogen (secondary N) is 1. The van der Waals surface area contributed by atoms with Crippen LogP contribution in [0, 0.1) is 0 Å². The van der Waals surface area contributed by atoms with Crippen molar-refractivity contribution in [3.63, 3.8) is 0 Å². The number of halogens is 1. The molecule has 0 unspecified atom stereocenters. The molecule has 0 amide bonds. The van der Waals surface area contributed by atoms with Crippen LogP contribution in [0.15, 0.2) is 36.4 Å². The average molecular weight is 364 g/mol. The minimum Gasteiger partial charge on any atom is -0.496 e. The van der Waals surface area contributed by atoms with Gasteiger partial charge in [-0.1, -0.05) is 29.8 Å². The molecule has 0 fully saturated rings. The van der Waals surface area contributed by atoms with Gasteiger partial charge in [-0.05, 0) is 50.1 Å². The van der Waals surface area contributed by atoms with E-state index in [4.69, 9.17) is 25.8 Å². The lowest BCUT2D eigenvalue weighted by molar-refractivity contribution is 0.230. The van der Waals surface area contributed by atoms with Gasteiger partial charge in [0.25, 0.3) is 0 Å². The van der Waals surface area contributed by atoms with Crippen molar-refractivity contribution in [3.8, 4) is 17.2 Å². The van der Waals surface area contributed by atoms with Crippen molar-refractivity contribution in [2.45, 2.75) is 32.9 Å². The van der Waals surface area contributed by atoms with Crippen LogP contribution in [-0.4, -0.2) is 26.9 Å². The molecule has 0 radical (unpaired) electrons. The van der Waals surface area contributed by atoms with Crippen LogP contribution in [0.2, 0.25) is 5.02 Å². The lowest BCUT2D eigenvalue weighted by Gasteiger charge is -2.16. The Labute approximate surface area is 155 Å². The van der Waals surface area contributed by atoms with Gasteiger partial charge < -0.3 is 19.5 Å². The van der Waals surface area contributed by atoms with E-state index in [0.717, 1.165) is 24.3 Å². The van der Waals surface area contributed by atoms with E-state index in [1.54, 1.807) is 14.2 Å². The van der Waals surface area contributed by atoms with Crippen LogP contribution in [0.25, 0.3) is 0 Å². The van der Waals surface area contributed by atoms with Gasteiger partial charge in [-0.3, -0.25) is 0 Å². The third-order valence-electron chi connectivity index (χ3n) is 3.77. The zero-order valence-corrected chi connectivity index (χ0v) is 16.0. The highest BCUT2D eigenvalue weighted by Crippen LogP contribution is 2.34. The van der Waals surface area contributed by atoms with Crippen LogP contribution in [0.4, 0.5) is 0 Å². The molecule has 0 aliphatic carbocycles. The smallest absolute Gasteiger partial charge is 0.163 e. The minimum atomic E-state index is 0.0646. The lowest BCUT2D eigenvalue weighted by atomic mass is 10.1. The summed E-state index contributed by atoms with van der Waals surface area (Å²) in [5.41, 5.74) is 2.16. The molecule has 0 saturated carbocycles. The third-order valence-corrected chi connectivity index (χ3v) is 4.13. The van der Waals surface area contributed by atoms with Gasteiger partial charge in [-0.2, -0.15) is 0 Å². The predicted octanol–water partition coefficient (Wildman–Crippen LogP) is 4.48. The van der Waals surface area contributed by atoms with E-state index in [1.165, 1.54) is 5.56 Å². The summed E-state index contributed by atoms with van der Waals surface area (Å²) < 4.78 is 16.5. The Balaban J connectivity index is 1.96. The quantitative estimate of drug-likeness (QED) is 0.667. The van der Waals surface area contributed by atoms with Crippen LogP contribution in [0.3, 0.4) is 0 Å². The molecule has 2 aromatic carbocycles. The molecule has 0 bridgehead atoms. The first-order chi connectivity index (χ1) is 12.0. The van der Waals surface area contributed by atoms with E-state index in [-0.39, 0.29) is 6.10 Å². The molecule has 0 atom stereocenters. The fourth-order valence-corrected chi connectivity index (χ4v) is 2.79. The lowest BCUT2D eigenvalue weighted by Crippen LogP contribution is -2.17. The summed E-state index contributed by atoms with van der Waals surface area (Å²) >= 11 is 6.39. The molecule has 0 heterocycles. The van der Waals surface area contributed by atoms with Gasteiger partial charge in [0.05, 0.1) is 20.3 Å². The minimum absolute atomic E-state index is 0.0646. The summed E-state index contributed by atoms with van der Waals surface area (Å²) in [6.45, 7) is 5.43. The Kier molecular flexibility index (Phi) is 7.41. The maximum Gasteiger partial charge on any atom is 0.163 e. The first kappa shape index (κ1) is 19.4. The molecule has 0 spiro atoms. The van der Waals surface area contributed by atoms with Crippen molar-refractivity contribution in [1.29, 1.82) is 0 Å². The number of ether oxygens (including phenoxy) is 3. The van der Waals surface area contributed by atoms with Gasteiger partial charge >= 0.3 is 0 Å². The van der Waals surface area contributed by atoms with E-state index in [9.17, 15) is 0 Å². The van der Waals surface area contributed by atoms with Crippen molar-refractivity contribution >= 4 is 11.6 Å². The first-order valence-electron chi connectivity index (χ1n) is 8.40. The maximum absolute atomic E-state index is 6.39. The Bertz CT molecular complexity index is 689. The molecule has 5 heteroatoms. The second-order valence-electron chi connectivity index (χ2n) is 6.00. The van der Waals surface area contributed by atoms with E-state index >= 15 is 0 Å². The summed E-state index contributed by atoms with van der Waals surface area (Å²) in [6, 6.07) is 11.8. The molecular formula is C20H26ClNO3. The fraction of sp³-hybridized carbons (Fsp3) is 0.400. The molecule has 136 valence electrons. The monoisotopic (exact) mass is 363 g/mol. The zero-order valence-electron chi connectivity index (χ0n) is 15.3. The first-order valence-corrected chi connectivity index (χ1v) is 8.78. The van der Waals surface area contributed by atoms with Crippen LogP contribution < -0.4 is 19.5 Å². The van der Waals surface area contributed by atoms with Crippen molar-refractivity contribution < 1.29 is 14.2 Å². The summed E-state index contributed by atoms with van der Waals surface area (Å²) in [7, 11) is 3.33. The highest BCUT2D eigenvalue weighted by atomic mass is 35.5. The molecule has 2 rings (SSSR count). The fourth-order valence-electron chi connectivity index (χ4n) is 2.57. The molecule has 0 aromatic heterocycles. The number of hydrogen-bond acceptors (Lipinski definition) is 4. The van der Waals surface area contributed by atoms with Gasteiger partial charge in [-0.15, -0.1) is 0 Å². The third kappa shape index (κ3) is 5.55. The van der Waals surface area contributed by atoms with E-state index < -0.39 is 0 Å². The molecule has 1 N–H and O–H groups in total. The van der Waals surface area contributed by atoms with Crippen molar-refractivity contribution in [2.24, 2.45) is 0 Å². The topological polar surface area (TPSA) is 39.7 Å². The number of para-hydroxylation sites is 1. The van der Waals surface area contributed by atoms with Crippen molar-refractivity contribution in [1.82, 2.24) is 5.32 Å². The molecule has 2 aromatic rings. The highest BCUT2D eigenvalue weighted by molar-refractivity contribution is 6.31. The second-order valence-corrected chi connectivity index (χ2v) is 6.41. The van der Waals surface area contributed by atoms with E-state index in [0.29, 0.717) is 23.1 Å². The number of hydrogen-bond donors (Lipinski definition) is 1. The van der Waals surface area contributed by atoms with Crippen LogP contribution in [0.1, 0.15) is 25.0 Å². The van der Waals surface area contributed by atoms with Gasteiger partial charge in [-0.25, -0.2) is 0 Å². The Morgan fingerprint density at radius 3 is 2.36 bits per heavy atom. The summed E-state index contributed by atoms with van der Waals surface area (Å²) in [5.74, 6) is 2.28. The average Bonchev–Trinajstić information content (AvgIpc) is 2.60. The molecule has 0 aliphatic heterocycles. The Hall–Kier alpha value is -1.91. The number of rotatable bonds is 9. The van der Waals surface area contributed by atoms with Gasteiger partial charge in [0.1, 0.15) is 5.75 Å². The highest BCUT2D eigenvalue weighted by Gasteiger charge is 2.12. The Morgan fingerprint density at radius 1 is 0.960 bits per heavy atom.